The van der Waals surface area contributed by atoms with Gasteiger partial charge >= 0.3 is 0 Å². The van der Waals surface area contributed by atoms with Gasteiger partial charge < -0.3 is 15.7 Å². The molecule has 5 nitrogen and oxygen atoms in total. The molecule has 1 rings (SSSR count). The Morgan fingerprint density at radius 2 is 1.80 bits per heavy atom. The highest BCUT2D eigenvalue weighted by atomic mass is 16.3. The smallest absolute Gasteiger partial charge is 0.138 e. The Labute approximate surface area is 122 Å². The van der Waals surface area contributed by atoms with E-state index in [1.54, 1.807) is 0 Å². The van der Waals surface area contributed by atoms with Crippen molar-refractivity contribution in [3.8, 4) is 0 Å². The summed E-state index contributed by atoms with van der Waals surface area (Å²) in [6.07, 6.45) is 0. The van der Waals surface area contributed by atoms with Crippen LogP contribution >= 0.6 is 0 Å². The van der Waals surface area contributed by atoms with Gasteiger partial charge in [0.1, 0.15) is 17.5 Å². The summed E-state index contributed by atoms with van der Waals surface area (Å²) in [4.78, 5) is 9.13. The van der Waals surface area contributed by atoms with Crippen molar-refractivity contribution in [1.82, 2.24) is 9.97 Å². The van der Waals surface area contributed by atoms with Crippen LogP contribution in [0, 0.1) is 5.92 Å². The van der Waals surface area contributed by atoms with Crippen molar-refractivity contribution in [2.75, 3.05) is 23.8 Å². The lowest BCUT2D eigenvalue weighted by molar-refractivity contribution is 0.249. The quantitative estimate of drug-likeness (QED) is 0.747. The molecule has 114 valence electrons. The molecule has 0 saturated carbocycles. The lowest BCUT2D eigenvalue weighted by Crippen LogP contribution is -2.30. The minimum atomic E-state index is -0.117. The molecule has 0 spiro atoms. The van der Waals surface area contributed by atoms with Gasteiger partial charge in [0.25, 0.3) is 0 Å². The van der Waals surface area contributed by atoms with Gasteiger partial charge in [-0.25, -0.2) is 9.97 Å². The third kappa shape index (κ3) is 4.63. The number of aliphatic hydroxyl groups is 1. The van der Waals surface area contributed by atoms with E-state index in [2.05, 4.69) is 55.2 Å². The molecule has 1 heterocycles. The summed E-state index contributed by atoms with van der Waals surface area (Å²) in [6, 6.07) is 1.89. The van der Waals surface area contributed by atoms with E-state index in [1.807, 2.05) is 13.0 Å². The molecule has 20 heavy (non-hydrogen) atoms. The first-order chi connectivity index (χ1) is 9.27. The SMILES string of the molecule is CCNc1cc(NC(CO)C(C)C)nc(C(C)(C)C)n1. The lowest BCUT2D eigenvalue weighted by atomic mass is 9.95. The number of aliphatic hydroxyl groups excluding tert-OH is 1. The minimum Gasteiger partial charge on any atom is -0.394 e. The van der Waals surface area contributed by atoms with Gasteiger partial charge in [0.2, 0.25) is 0 Å². The zero-order valence-electron chi connectivity index (χ0n) is 13.5. The molecule has 0 radical (unpaired) electrons. The molecular weight excluding hydrogens is 252 g/mol. The maximum Gasteiger partial charge on any atom is 0.138 e. The first-order valence-corrected chi connectivity index (χ1v) is 7.28. The molecule has 0 saturated heterocycles. The van der Waals surface area contributed by atoms with E-state index in [0.717, 1.165) is 24.0 Å². The predicted molar refractivity (Wildman–Crippen MR) is 84.2 cm³/mol. The average Bonchev–Trinajstić information content (AvgIpc) is 2.34. The predicted octanol–water partition coefficient (Wildman–Crippen LogP) is 2.63. The third-order valence-electron chi connectivity index (χ3n) is 3.09. The van der Waals surface area contributed by atoms with E-state index in [0.29, 0.717) is 5.92 Å². The van der Waals surface area contributed by atoms with Crippen molar-refractivity contribution in [2.24, 2.45) is 5.92 Å². The molecule has 0 aliphatic carbocycles. The van der Waals surface area contributed by atoms with Crippen molar-refractivity contribution < 1.29 is 5.11 Å². The molecule has 1 atom stereocenters. The number of nitrogens with one attached hydrogen (secondary N) is 2. The van der Waals surface area contributed by atoms with Gasteiger partial charge in [-0.3, -0.25) is 0 Å². The fourth-order valence-corrected chi connectivity index (χ4v) is 1.74. The van der Waals surface area contributed by atoms with Crippen LogP contribution in [0.3, 0.4) is 0 Å². The van der Waals surface area contributed by atoms with Crippen molar-refractivity contribution in [3.05, 3.63) is 11.9 Å². The molecule has 0 aliphatic rings. The number of hydrogen-bond donors (Lipinski definition) is 3. The van der Waals surface area contributed by atoms with E-state index < -0.39 is 0 Å². The van der Waals surface area contributed by atoms with Gasteiger partial charge in [-0.1, -0.05) is 34.6 Å². The number of rotatable bonds is 6. The van der Waals surface area contributed by atoms with E-state index in [9.17, 15) is 5.11 Å². The van der Waals surface area contributed by atoms with Crippen LogP contribution in [0.1, 0.15) is 47.4 Å². The molecular formula is C15H28N4O. The Balaban J connectivity index is 3.08. The Hall–Kier alpha value is -1.36. The molecule has 0 bridgehead atoms. The second-order valence-corrected chi connectivity index (χ2v) is 6.42. The second kappa shape index (κ2) is 6.88. The van der Waals surface area contributed by atoms with Crippen LogP contribution in [0.5, 0.6) is 0 Å². The summed E-state index contributed by atoms with van der Waals surface area (Å²) in [6.45, 7) is 13.4. The molecule has 1 aromatic rings. The summed E-state index contributed by atoms with van der Waals surface area (Å²) in [5.41, 5.74) is -0.117. The van der Waals surface area contributed by atoms with Gasteiger partial charge in [-0.2, -0.15) is 0 Å². The van der Waals surface area contributed by atoms with Crippen LogP contribution in [0.15, 0.2) is 6.07 Å². The number of nitrogens with zero attached hydrogens (tertiary/aromatic N) is 2. The Morgan fingerprint density at radius 3 is 2.25 bits per heavy atom. The zero-order valence-corrected chi connectivity index (χ0v) is 13.5. The number of hydrogen-bond acceptors (Lipinski definition) is 5. The summed E-state index contributed by atoms with van der Waals surface area (Å²) >= 11 is 0. The van der Waals surface area contributed by atoms with Crippen LogP contribution < -0.4 is 10.6 Å². The zero-order chi connectivity index (χ0) is 15.3. The van der Waals surface area contributed by atoms with Crippen molar-refractivity contribution in [3.63, 3.8) is 0 Å². The summed E-state index contributed by atoms with van der Waals surface area (Å²) in [5.74, 6) is 2.69. The summed E-state index contributed by atoms with van der Waals surface area (Å²) in [7, 11) is 0. The van der Waals surface area contributed by atoms with Gasteiger partial charge in [0.05, 0.1) is 12.6 Å². The number of aromatic nitrogens is 2. The monoisotopic (exact) mass is 280 g/mol. The Morgan fingerprint density at radius 1 is 1.20 bits per heavy atom. The van der Waals surface area contributed by atoms with Gasteiger partial charge in [-0.05, 0) is 12.8 Å². The van der Waals surface area contributed by atoms with E-state index in [-0.39, 0.29) is 18.1 Å². The molecule has 3 N–H and O–H groups in total. The van der Waals surface area contributed by atoms with Crippen molar-refractivity contribution >= 4 is 11.6 Å². The topological polar surface area (TPSA) is 70.1 Å². The lowest BCUT2D eigenvalue weighted by Gasteiger charge is -2.23. The van der Waals surface area contributed by atoms with Crippen LogP contribution in [0.4, 0.5) is 11.6 Å². The minimum absolute atomic E-state index is 0.00723. The number of anilines is 2. The van der Waals surface area contributed by atoms with E-state index in [4.69, 9.17) is 0 Å². The normalized spacial score (nSPS) is 13.4. The maximum absolute atomic E-state index is 9.44. The van der Waals surface area contributed by atoms with E-state index in [1.165, 1.54) is 0 Å². The van der Waals surface area contributed by atoms with E-state index >= 15 is 0 Å². The van der Waals surface area contributed by atoms with Gasteiger partial charge in [-0.15, -0.1) is 0 Å². The highest BCUT2D eigenvalue weighted by Crippen LogP contribution is 2.23. The fraction of sp³-hybridized carbons (Fsp3) is 0.733. The second-order valence-electron chi connectivity index (χ2n) is 6.42. The highest BCUT2D eigenvalue weighted by Gasteiger charge is 2.20. The first-order valence-electron chi connectivity index (χ1n) is 7.28. The molecule has 0 amide bonds. The maximum atomic E-state index is 9.44. The summed E-state index contributed by atoms with van der Waals surface area (Å²) in [5, 5.41) is 16.0. The molecule has 0 fully saturated rings. The Bertz CT molecular complexity index is 426. The van der Waals surface area contributed by atoms with Crippen LogP contribution in [0.25, 0.3) is 0 Å². The molecule has 0 aromatic carbocycles. The standard InChI is InChI=1S/C15H28N4O/c1-7-16-12-8-13(17-11(9-20)10(2)3)19-14(18-12)15(4,5)6/h8,10-11,20H,7,9H2,1-6H3,(H2,16,17,18,19). The molecule has 0 aliphatic heterocycles. The summed E-state index contributed by atoms with van der Waals surface area (Å²) < 4.78 is 0. The van der Waals surface area contributed by atoms with Crippen LogP contribution in [-0.2, 0) is 5.41 Å². The van der Waals surface area contributed by atoms with Crippen molar-refractivity contribution in [2.45, 2.75) is 53.0 Å². The molecule has 1 unspecified atom stereocenters. The third-order valence-corrected chi connectivity index (χ3v) is 3.09. The average molecular weight is 280 g/mol. The van der Waals surface area contributed by atoms with Gasteiger partial charge in [0, 0.05) is 18.0 Å². The van der Waals surface area contributed by atoms with Gasteiger partial charge in [0.15, 0.2) is 0 Å². The highest BCUT2D eigenvalue weighted by molar-refractivity contribution is 5.48. The van der Waals surface area contributed by atoms with Crippen molar-refractivity contribution in [1.29, 1.82) is 0 Å². The fourth-order valence-electron chi connectivity index (χ4n) is 1.74. The largest absolute Gasteiger partial charge is 0.394 e. The van der Waals surface area contributed by atoms with Crippen LogP contribution in [-0.4, -0.2) is 34.3 Å². The van der Waals surface area contributed by atoms with Crippen LogP contribution in [0.2, 0.25) is 0 Å². The first kappa shape index (κ1) is 16.7. The molecule has 1 aromatic heterocycles. The molecule has 5 heteroatoms. The Kier molecular flexibility index (Phi) is 5.74.